The lowest BCUT2D eigenvalue weighted by atomic mass is 10.1. The zero-order valence-electron chi connectivity index (χ0n) is 19.3. The van der Waals surface area contributed by atoms with E-state index >= 15 is 0 Å². The second-order valence-electron chi connectivity index (χ2n) is 7.96. The SMILES string of the molecule is COc1ccc2oc(C)c(C(=O)Nc3cc(OC)c(OC)cc3C(=O)N3CCCCC3)c2c1. The number of furan rings is 1. The number of fused-ring (bicyclic) bond motifs is 1. The van der Waals surface area contributed by atoms with Gasteiger partial charge in [0.15, 0.2) is 11.5 Å². The van der Waals surface area contributed by atoms with E-state index in [-0.39, 0.29) is 11.8 Å². The van der Waals surface area contributed by atoms with E-state index in [9.17, 15) is 9.59 Å². The summed E-state index contributed by atoms with van der Waals surface area (Å²) < 4.78 is 21.9. The average Bonchev–Trinajstić information content (AvgIpc) is 3.18. The minimum absolute atomic E-state index is 0.151. The van der Waals surface area contributed by atoms with Gasteiger partial charge < -0.3 is 28.8 Å². The first-order chi connectivity index (χ1) is 16.0. The van der Waals surface area contributed by atoms with Crippen molar-refractivity contribution in [1.29, 1.82) is 0 Å². The summed E-state index contributed by atoms with van der Waals surface area (Å²) in [5.74, 6) is 1.38. The van der Waals surface area contributed by atoms with Gasteiger partial charge in [0.2, 0.25) is 0 Å². The third-order valence-electron chi connectivity index (χ3n) is 5.94. The number of hydrogen-bond donors (Lipinski definition) is 1. The van der Waals surface area contributed by atoms with E-state index in [0.29, 0.717) is 63.9 Å². The lowest BCUT2D eigenvalue weighted by Gasteiger charge is -2.28. The number of aryl methyl sites for hydroxylation is 1. The third-order valence-corrected chi connectivity index (χ3v) is 5.94. The summed E-state index contributed by atoms with van der Waals surface area (Å²) in [4.78, 5) is 28.6. The molecule has 1 saturated heterocycles. The summed E-state index contributed by atoms with van der Waals surface area (Å²) in [5, 5.41) is 3.54. The van der Waals surface area contributed by atoms with Crippen molar-refractivity contribution >= 4 is 28.5 Å². The Morgan fingerprint density at radius 1 is 0.939 bits per heavy atom. The number of piperidine rings is 1. The van der Waals surface area contributed by atoms with Crippen LogP contribution in [0.25, 0.3) is 11.0 Å². The summed E-state index contributed by atoms with van der Waals surface area (Å²) in [6.07, 6.45) is 3.03. The quantitative estimate of drug-likeness (QED) is 0.586. The number of nitrogens with zero attached hydrogens (tertiary/aromatic N) is 1. The molecule has 8 heteroatoms. The predicted octanol–water partition coefficient (Wildman–Crippen LogP) is 4.65. The maximum absolute atomic E-state index is 13.4. The topological polar surface area (TPSA) is 90.2 Å². The highest BCUT2D eigenvalue weighted by atomic mass is 16.5. The normalized spacial score (nSPS) is 13.6. The molecule has 8 nitrogen and oxygen atoms in total. The van der Waals surface area contributed by atoms with Crippen molar-refractivity contribution in [2.45, 2.75) is 26.2 Å². The van der Waals surface area contributed by atoms with Gasteiger partial charge >= 0.3 is 0 Å². The zero-order valence-corrected chi connectivity index (χ0v) is 19.3. The second-order valence-corrected chi connectivity index (χ2v) is 7.96. The van der Waals surface area contributed by atoms with Crippen LogP contribution in [0.3, 0.4) is 0 Å². The number of nitrogens with one attached hydrogen (secondary N) is 1. The largest absolute Gasteiger partial charge is 0.497 e. The van der Waals surface area contributed by atoms with Crippen LogP contribution in [-0.2, 0) is 0 Å². The van der Waals surface area contributed by atoms with Gasteiger partial charge in [-0.3, -0.25) is 9.59 Å². The Kier molecular flexibility index (Phi) is 6.44. The van der Waals surface area contributed by atoms with Crippen molar-refractivity contribution in [2.75, 3.05) is 39.7 Å². The molecule has 0 saturated carbocycles. The van der Waals surface area contributed by atoms with Gasteiger partial charge in [-0.15, -0.1) is 0 Å². The molecule has 1 fully saturated rings. The molecular formula is C25H28N2O6. The lowest BCUT2D eigenvalue weighted by Crippen LogP contribution is -2.36. The van der Waals surface area contributed by atoms with Crippen LogP contribution in [0.5, 0.6) is 17.2 Å². The molecule has 174 valence electrons. The van der Waals surface area contributed by atoms with Crippen LogP contribution < -0.4 is 19.5 Å². The number of benzene rings is 2. The maximum atomic E-state index is 13.4. The van der Waals surface area contributed by atoms with E-state index in [1.54, 1.807) is 44.4 Å². The summed E-state index contributed by atoms with van der Waals surface area (Å²) in [6, 6.07) is 8.53. The average molecular weight is 453 g/mol. The first kappa shape index (κ1) is 22.5. The van der Waals surface area contributed by atoms with E-state index in [0.717, 1.165) is 19.3 Å². The summed E-state index contributed by atoms with van der Waals surface area (Å²) in [6.45, 7) is 3.10. The van der Waals surface area contributed by atoms with Gasteiger partial charge in [0, 0.05) is 24.5 Å². The molecule has 0 radical (unpaired) electrons. The summed E-state index contributed by atoms with van der Waals surface area (Å²) in [5.41, 5.74) is 1.67. The fourth-order valence-electron chi connectivity index (χ4n) is 4.22. The standard InChI is InChI=1S/C25H28N2O6/c1-15-23(18-12-16(30-2)8-9-20(18)33-15)24(28)26-19-14-22(32-4)21(31-3)13-17(19)25(29)27-10-6-5-7-11-27/h8-9,12-14H,5-7,10-11H2,1-4H3,(H,26,28). The summed E-state index contributed by atoms with van der Waals surface area (Å²) in [7, 11) is 4.59. The van der Waals surface area contributed by atoms with Gasteiger partial charge in [0.1, 0.15) is 17.1 Å². The molecule has 0 atom stereocenters. The van der Waals surface area contributed by atoms with E-state index in [1.165, 1.54) is 14.2 Å². The monoisotopic (exact) mass is 452 g/mol. The maximum Gasteiger partial charge on any atom is 0.259 e. The van der Waals surface area contributed by atoms with Gasteiger partial charge in [0.05, 0.1) is 38.1 Å². The van der Waals surface area contributed by atoms with Crippen LogP contribution in [0.4, 0.5) is 5.69 Å². The zero-order chi connectivity index (χ0) is 23.5. The van der Waals surface area contributed by atoms with Crippen LogP contribution in [0, 0.1) is 6.92 Å². The molecule has 1 aliphatic heterocycles. The number of carbonyl (C=O) groups excluding carboxylic acids is 2. The molecule has 2 amide bonds. The van der Waals surface area contributed by atoms with Crippen molar-refractivity contribution in [3.63, 3.8) is 0 Å². The van der Waals surface area contributed by atoms with Crippen molar-refractivity contribution in [1.82, 2.24) is 4.90 Å². The Hall–Kier alpha value is -3.68. The lowest BCUT2D eigenvalue weighted by molar-refractivity contribution is 0.0725. The van der Waals surface area contributed by atoms with Gasteiger partial charge in [0.25, 0.3) is 11.8 Å². The van der Waals surface area contributed by atoms with Gasteiger partial charge in [-0.2, -0.15) is 0 Å². The van der Waals surface area contributed by atoms with Crippen molar-refractivity contribution in [3.8, 4) is 17.2 Å². The van der Waals surface area contributed by atoms with E-state index < -0.39 is 0 Å². The number of anilines is 1. The molecule has 2 heterocycles. The Balaban J connectivity index is 1.75. The van der Waals surface area contributed by atoms with Gasteiger partial charge in [-0.25, -0.2) is 0 Å². The Bertz CT molecular complexity index is 1190. The van der Waals surface area contributed by atoms with E-state index in [4.69, 9.17) is 18.6 Å². The van der Waals surface area contributed by atoms with Crippen molar-refractivity contribution < 1.29 is 28.2 Å². The Morgan fingerprint density at radius 2 is 1.64 bits per heavy atom. The fraction of sp³-hybridized carbons (Fsp3) is 0.360. The van der Waals surface area contributed by atoms with Gasteiger partial charge in [-0.05, 0) is 50.5 Å². The Labute approximate surface area is 192 Å². The van der Waals surface area contributed by atoms with Gasteiger partial charge in [-0.1, -0.05) is 0 Å². The molecule has 0 spiro atoms. The molecule has 3 aromatic rings. The molecule has 1 N–H and O–H groups in total. The van der Waals surface area contributed by atoms with Crippen LogP contribution in [0.15, 0.2) is 34.7 Å². The highest BCUT2D eigenvalue weighted by Crippen LogP contribution is 2.36. The minimum Gasteiger partial charge on any atom is -0.497 e. The molecule has 33 heavy (non-hydrogen) atoms. The van der Waals surface area contributed by atoms with E-state index in [1.807, 2.05) is 4.90 Å². The van der Waals surface area contributed by atoms with Crippen molar-refractivity contribution in [2.24, 2.45) is 0 Å². The number of amides is 2. The number of carbonyl (C=O) groups is 2. The Morgan fingerprint density at radius 3 is 2.30 bits per heavy atom. The first-order valence-electron chi connectivity index (χ1n) is 10.9. The molecular weight excluding hydrogens is 424 g/mol. The summed E-state index contributed by atoms with van der Waals surface area (Å²) >= 11 is 0. The molecule has 2 aromatic carbocycles. The molecule has 1 aliphatic rings. The minimum atomic E-state index is -0.389. The predicted molar refractivity (Wildman–Crippen MR) is 125 cm³/mol. The molecule has 0 aliphatic carbocycles. The fourth-order valence-corrected chi connectivity index (χ4v) is 4.22. The number of methoxy groups -OCH3 is 3. The van der Waals surface area contributed by atoms with E-state index in [2.05, 4.69) is 5.32 Å². The number of ether oxygens (including phenoxy) is 3. The molecule has 0 unspecified atom stereocenters. The first-order valence-corrected chi connectivity index (χ1v) is 10.9. The van der Waals surface area contributed by atoms with Crippen LogP contribution in [-0.4, -0.2) is 51.1 Å². The number of hydrogen-bond acceptors (Lipinski definition) is 6. The highest BCUT2D eigenvalue weighted by Gasteiger charge is 2.26. The smallest absolute Gasteiger partial charge is 0.259 e. The molecule has 4 rings (SSSR count). The van der Waals surface area contributed by atoms with Crippen LogP contribution in [0.1, 0.15) is 45.7 Å². The number of likely N-dealkylation sites (tertiary alicyclic amines) is 1. The molecule has 0 bridgehead atoms. The third kappa shape index (κ3) is 4.33. The molecule has 1 aromatic heterocycles. The van der Waals surface area contributed by atoms with Crippen LogP contribution in [0.2, 0.25) is 0 Å². The van der Waals surface area contributed by atoms with Crippen molar-refractivity contribution in [3.05, 3.63) is 47.2 Å². The van der Waals surface area contributed by atoms with Crippen LogP contribution >= 0.6 is 0 Å². The second kappa shape index (κ2) is 9.44. The highest BCUT2D eigenvalue weighted by molar-refractivity contribution is 6.15. The number of rotatable bonds is 6.